The van der Waals surface area contributed by atoms with E-state index in [1.165, 1.54) is 0 Å². The molecule has 4 atom stereocenters. The first-order valence-corrected chi connectivity index (χ1v) is 9.25. The van der Waals surface area contributed by atoms with Crippen LogP contribution in [0.5, 0.6) is 0 Å². The second-order valence-corrected chi connectivity index (χ2v) is 7.45. The molecule has 6 heteroatoms. The van der Waals surface area contributed by atoms with Gasteiger partial charge in [0.05, 0.1) is 18.8 Å². The Balaban J connectivity index is 1.49. The zero-order valence-corrected chi connectivity index (χ0v) is 14.5. The maximum Gasteiger partial charge on any atom is 0.223 e. The molecule has 0 radical (unpaired) electrons. The highest BCUT2D eigenvalue weighted by Gasteiger charge is 2.56. The summed E-state index contributed by atoms with van der Waals surface area (Å²) in [5.41, 5.74) is 0.368. The lowest BCUT2D eigenvalue weighted by Crippen LogP contribution is -2.68. The number of hydrogen-bond acceptors (Lipinski definition) is 5. The fraction of sp³-hybridized carbons (Fsp3) is 0.684. The molecule has 1 aromatic heterocycles. The Morgan fingerprint density at radius 2 is 2.08 bits per heavy atom. The zero-order chi connectivity index (χ0) is 17.3. The van der Waals surface area contributed by atoms with Crippen LogP contribution in [-0.2, 0) is 20.7 Å². The van der Waals surface area contributed by atoms with Crippen LogP contribution in [0.1, 0.15) is 24.8 Å². The van der Waals surface area contributed by atoms with Crippen molar-refractivity contribution in [3.63, 3.8) is 0 Å². The van der Waals surface area contributed by atoms with E-state index in [-0.39, 0.29) is 23.8 Å². The molecule has 0 unspecified atom stereocenters. The van der Waals surface area contributed by atoms with Crippen LogP contribution in [0.4, 0.5) is 0 Å². The fourth-order valence-corrected chi connectivity index (χ4v) is 4.69. The van der Waals surface area contributed by atoms with Gasteiger partial charge < -0.3 is 19.5 Å². The summed E-state index contributed by atoms with van der Waals surface area (Å²) in [6.07, 6.45) is 6.17. The number of aliphatic hydroxyl groups is 1. The second kappa shape index (κ2) is 7.02. The molecule has 25 heavy (non-hydrogen) atoms. The maximum atomic E-state index is 13.0. The highest BCUT2D eigenvalue weighted by Crippen LogP contribution is 2.44. The number of ether oxygens (including phenoxy) is 2. The first-order valence-electron chi connectivity index (χ1n) is 9.25. The number of likely N-dealkylation sites (tertiary alicyclic amines) is 1. The predicted molar refractivity (Wildman–Crippen MR) is 90.9 cm³/mol. The minimum Gasteiger partial charge on any atom is -0.389 e. The Bertz CT molecular complexity index is 611. The highest BCUT2D eigenvalue weighted by atomic mass is 16.5. The van der Waals surface area contributed by atoms with E-state index in [0.717, 1.165) is 18.4 Å². The number of piperidine rings is 1. The van der Waals surface area contributed by atoms with Gasteiger partial charge in [0.1, 0.15) is 0 Å². The summed E-state index contributed by atoms with van der Waals surface area (Å²) in [4.78, 5) is 19.0. The number of nitrogens with zero attached hydrogens (tertiary/aromatic N) is 2. The van der Waals surface area contributed by atoms with Crippen LogP contribution >= 0.6 is 0 Å². The van der Waals surface area contributed by atoms with Crippen molar-refractivity contribution >= 4 is 5.91 Å². The van der Waals surface area contributed by atoms with Crippen molar-refractivity contribution in [2.24, 2.45) is 11.8 Å². The van der Waals surface area contributed by atoms with Crippen LogP contribution in [0.2, 0.25) is 0 Å². The van der Waals surface area contributed by atoms with Crippen LogP contribution in [0.25, 0.3) is 0 Å². The van der Waals surface area contributed by atoms with Crippen molar-refractivity contribution in [3.8, 4) is 0 Å². The quantitative estimate of drug-likeness (QED) is 0.885. The van der Waals surface area contributed by atoms with Crippen molar-refractivity contribution in [1.29, 1.82) is 0 Å². The van der Waals surface area contributed by atoms with Crippen molar-refractivity contribution < 1.29 is 19.4 Å². The topological polar surface area (TPSA) is 71.9 Å². The van der Waals surface area contributed by atoms with Gasteiger partial charge in [-0.15, -0.1) is 0 Å². The lowest BCUT2D eigenvalue weighted by Gasteiger charge is -2.57. The Labute approximate surface area is 148 Å². The van der Waals surface area contributed by atoms with Crippen molar-refractivity contribution in [2.75, 3.05) is 33.0 Å². The van der Waals surface area contributed by atoms with E-state index in [2.05, 4.69) is 4.98 Å². The van der Waals surface area contributed by atoms with E-state index in [4.69, 9.17) is 9.47 Å². The number of hydrogen-bond donors (Lipinski definition) is 1. The monoisotopic (exact) mass is 346 g/mol. The van der Waals surface area contributed by atoms with Gasteiger partial charge in [0.2, 0.25) is 5.91 Å². The van der Waals surface area contributed by atoms with Crippen molar-refractivity contribution in [1.82, 2.24) is 9.88 Å². The standard InChI is InChI=1S/C19H26N2O4/c22-18(2-1-14-3-7-20-8-4-14)21-11-15-12-25-10-6-19(15,23)16-13-24-9-5-17(16)21/h3-4,7-8,15-17,23H,1-2,5-6,9-13H2/t15-,16+,17+,19-/m0/s1. The Kier molecular flexibility index (Phi) is 4.75. The molecule has 4 heterocycles. The number of pyridine rings is 1. The molecule has 3 saturated heterocycles. The van der Waals surface area contributed by atoms with Crippen LogP contribution in [0.15, 0.2) is 24.5 Å². The van der Waals surface area contributed by atoms with Gasteiger partial charge in [-0.25, -0.2) is 0 Å². The molecule has 0 saturated carbocycles. The largest absolute Gasteiger partial charge is 0.389 e. The van der Waals surface area contributed by atoms with Gasteiger partial charge >= 0.3 is 0 Å². The summed E-state index contributed by atoms with van der Waals surface area (Å²) in [7, 11) is 0. The van der Waals surface area contributed by atoms with E-state index in [9.17, 15) is 9.90 Å². The number of amides is 1. The zero-order valence-electron chi connectivity index (χ0n) is 14.5. The molecule has 0 aromatic carbocycles. The number of rotatable bonds is 3. The van der Waals surface area contributed by atoms with Crippen molar-refractivity contribution in [2.45, 2.75) is 37.3 Å². The molecule has 136 valence electrons. The van der Waals surface area contributed by atoms with Crippen LogP contribution in [0.3, 0.4) is 0 Å². The summed E-state index contributed by atoms with van der Waals surface area (Å²) in [6.45, 7) is 2.89. The van der Waals surface area contributed by atoms with Gasteiger partial charge in [-0.05, 0) is 30.5 Å². The normalized spacial score (nSPS) is 34.9. The van der Waals surface area contributed by atoms with E-state index < -0.39 is 5.60 Å². The average molecular weight is 346 g/mol. The third-order valence-electron chi connectivity index (χ3n) is 6.15. The summed E-state index contributed by atoms with van der Waals surface area (Å²) in [6, 6.07) is 3.99. The van der Waals surface area contributed by atoms with Gasteiger partial charge in [-0.2, -0.15) is 0 Å². The Morgan fingerprint density at radius 3 is 2.92 bits per heavy atom. The number of fused-ring (bicyclic) bond motifs is 3. The minimum absolute atomic E-state index is 0.00576. The Hall–Kier alpha value is -1.50. The minimum atomic E-state index is -0.759. The molecule has 3 fully saturated rings. The van der Waals surface area contributed by atoms with E-state index >= 15 is 0 Å². The number of carbonyl (C=O) groups is 1. The SMILES string of the molecule is O=C(CCc1ccncc1)N1C[C@H]2COCC[C@@]2(O)[C@@H]2COCC[C@H]21. The van der Waals surface area contributed by atoms with Crippen molar-refractivity contribution in [3.05, 3.63) is 30.1 Å². The molecule has 0 bridgehead atoms. The number of aryl methyl sites for hydroxylation is 1. The average Bonchev–Trinajstić information content (AvgIpc) is 2.66. The molecular formula is C19H26N2O4. The number of carbonyl (C=O) groups excluding carboxylic acids is 1. The predicted octanol–water partition coefficient (Wildman–Crippen LogP) is 1.03. The van der Waals surface area contributed by atoms with E-state index in [1.807, 2.05) is 17.0 Å². The first kappa shape index (κ1) is 16.9. The molecule has 1 aromatic rings. The molecule has 3 aliphatic heterocycles. The molecule has 1 N–H and O–H groups in total. The summed E-state index contributed by atoms with van der Waals surface area (Å²) >= 11 is 0. The molecule has 6 nitrogen and oxygen atoms in total. The van der Waals surface area contributed by atoms with Gasteiger partial charge in [0, 0.05) is 62.9 Å². The third kappa shape index (κ3) is 3.18. The second-order valence-electron chi connectivity index (χ2n) is 7.45. The van der Waals surface area contributed by atoms with Gasteiger partial charge in [0.25, 0.3) is 0 Å². The van der Waals surface area contributed by atoms with E-state index in [1.54, 1.807) is 12.4 Å². The molecular weight excluding hydrogens is 320 g/mol. The highest BCUT2D eigenvalue weighted by molar-refractivity contribution is 5.77. The van der Waals surface area contributed by atoms with Crippen LogP contribution in [-0.4, -0.2) is 65.5 Å². The lowest BCUT2D eigenvalue weighted by atomic mass is 9.66. The van der Waals surface area contributed by atoms with E-state index in [0.29, 0.717) is 45.8 Å². The molecule has 0 aliphatic carbocycles. The summed E-state index contributed by atoms with van der Waals surface area (Å²) in [5, 5.41) is 11.3. The molecule has 3 aliphatic rings. The van der Waals surface area contributed by atoms with Gasteiger partial charge in [-0.1, -0.05) is 0 Å². The first-order chi connectivity index (χ1) is 12.2. The molecule has 1 amide bonds. The molecule has 4 rings (SSSR count). The van der Waals surface area contributed by atoms with Crippen LogP contribution in [0, 0.1) is 11.8 Å². The molecule has 0 spiro atoms. The summed E-state index contributed by atoms with van der Waals surface area (Å²) < 4.78 is 11.3. The smallest absolute Gasteiger partial charge is 0.223 e. The van der Waals surface area contributed by atoms with Crippen LogP contribution < -0.4 is 0 Å². The van der Waals surface area contributed by atoms with Gasteiger partial charge in [-0.3, -0.25) is 9.78 Å². The number of aromatic nitrogens is 1. The lowest BCUT2D eigenvalue weighted by molar-refractivity contribution is -0.219. The fourth-order valence-electron chi connectivity index (χ4n) is 4.69. The Morgan fingerprint density at radius 1 is 1.28 bits per heavy atom. The maximum absolute atomic E-state index is 13.0. The third-order valence-corrected chi connectivity index (χ3v) is 6.15. The van der Waals surface area contributed by atoms with Gasteiger partial charge in [0.15, 0.2) is 0 Å². The summed E-state index contributed by atoms with van der Waals surface area (Å²) in [5.74, 6) is 0.143.